The lowest BCUT2D eigenvalue weighted by molar-refractivity contribution is -0.137. The Labute approximate surface area is 184 Å². The lowest BCUT2D eigenvalue weighted by Crippen LogP contribution is -2.38. The van der Waals surface area contributed by atoms with Gasteiger partial charge >= 0.3 is 0 Å². The largest absolute Gasteiger partial charge is 0.497 e. The van der Waals surface area contributed by atoms with Crippen LogP contribution in [0.4, 0.5) is 0 Å². The number of aromatic amines is 1. The molecule has 168 valence electrons. The maximum absolute atomic E-state index is 13.1. The van der Waals surface area contributed by atoms with Gasteiger partial charge in [-0.25, -0.2) is 4.98 Å². The minimum atomic E-state index is -0.739. The predicted octanol–water partition coefficient (Wildman–Crippen LogP) is 2.79. The van der Waals surface area contributed by atoms with Gasteiger partial charge in [0.2, 0.25) is 5.91 Å². The van der Waals surface area contributed by atoms with E-state index in [1.54, 1.807) is 7.11 Å². The summed E-state index contributed by atoms with van der Waals surface area (Å²) in [5.41, 5.74) is 2.01. The summed E-state index contributed by atoms with van der Waals surface area (Å²) in [7, 11) is 1.66. The molecule has 2 heterocycles. The van der Waals surface area contributed by atoms with E-state index in [0.29, 0.717) is 13.0 Å². The molecule has 1 aliphatic heterocycles. The monoisotopic (exact) mass is 426 g/mol. The molecule has 2 aromatic rings. The highest BCUT2D eigenvalue weighted by Gasteiger charge is 2.48. The Morgan fingerprint density at radius 2 is 2.13 bits per heavy atom. The van der Waals surface area contributed by atoms with E-state index >= 15 is 0 Å². The second-order valence-electron chi connectivity index (χ2n) is 9.11. The van der Waals surface area contributed by atoms with Crippen LogP contribution in [0.3, 0.4) is 0 Å². The van der Waals surface area contributed by atoms with Crippen molar-refractivity contribution >= 4 is 5.91 Å². The summed E-state index contributed by atoms with van der Waals surface area (Å²) in [6.45, 7) is 6.42. The van der Waals surface area contributed by atoms with Crippen molar-refractivity contribution in [2.24, 2.45) is 5.92 Å². The van der Waals surface area contributed by atoms with Gasteiger partial charge in [-0.3, -0.25) is 4.79 Å². The van der Waals surface area contributed by atoms with Crippen LogP contribution >= 0.6 is 0 Å². The SMILES string of the molecule is COc1cccc(CN[C@@H]2C[C@H](C(=O)N3CCCC3)[C@@H](O)[C@H]2c2cnc(C(C)C)[nH]2)c1. The number of nitrogens with zero attached hydrogens (tertiary/aromatic N) is 2. The van der Waals surface area contributed by atoms with Crippen molar-refractivity contribution in [1.82, 2.24) is 20.2 Å². The van der Waals surface area contributed by atoms with Gasteiger partial charge in [-0.1, -0.05) is 26.0 Å². The molecule has 1 saturated carbocycles. The molecule has 3 N–H and O–H groups in total. The van der Waals surface area contributed by atoms with E-state index < -0.39 is 12.0 Å². The number of rotatable bonds is 7. The molecule has 4 atom stereocenters. The number of hydrogen-bond donors (Lipinski definition) is 3. The molecule has 1 aromatic carbocycles. The third-order valence-corrected chi connectivity index (χ3v) is 6.68. The van der Waals surface area contributed by atoms with E-state index in [2.05, 4.69) is 35.2 Å². The van der Waals surface area contributed by atoms with E-state index in [1.807, 2.05) is 29.3 Å². The molecule has 0 spiro atoms. The van der Waals surface area contributed by atoms with Gasteiger partial charge in [-0.2, -0.15) is 0 Å². The van der Waals surface area contributed by atoms with Crippen molar-refractivity contribution < 1.29 is 14.6 Å². The Hall–Kier alpha value is -2.38. The van der Waals surface area contributed by atoms with Crippen LogP contribution in [0.15, 0.2) is 30.5 Å². The molecule has 4 rings (SSSR count). The first-order valence-corrected chi connectivity index (χ1v) is 11.4. The molecule has 1 amide bonds. The van der Waals surface area contributed by atoms with Crippen molar-refractivity contribution in [3.63, 3.8) is 0 Å². The molecule has 2 aliphatic rings. The van der Waals surface area contributed by atoms with E-state index in [9.17, 15) is 9.90 Å². The Kier molecular flexibility index (Phi) is 6.62. The highest BCUT2D eigenvalue weighted by atomic mass is 16.5. The number of aromatic nitrogens is 2. The fraction of sp³-hybridized carbons (Fsp3) is 0.583. The van der Waals surface area contributed by atoms with E-state index in [1.165, 1.54) is 0 Å². The first-order chi connectivity index (χ1) is 15.0. The van der Waals surface area contributed by atoms with Crippen molar-refractivity contribution in [3.8, 4) is 5.75 Å². The number of aliphatic hydroxyl groups is 1. The van der Waals surface area contributed by atoms with Gasteiger partial charge in [0.1, 0.15) is 11.6 Å². The van der Waals surface area contributed by atoms with Gasteiger partial charge in [0.05, 0.1) is 19.1 Å². The normalized spacial score (nSPS) is 26.0. The number of imidazole rings is 1. The average Bonchev–Trinajstić information content (AvgIpc) is 3.52. The third-order valence-electron chi connectivity index (χ3n) is 6.68. The first kappa shape index (κ1) is 21.8. The summed E-state index contributed by atoms with van der Waals surface area (Å²) in [5, 5.41) is 14.9. The smallest absolute Gasteiger partial charge is 0.228 e. The number of carbonyl (C=O) groups excluding carboxylic acids is 1. The third kappa shape index (κ3) is 4.62. The number of likely N-dealkylation sites (tertiary alicyclic amines) is 1. The summed E-state index contributed by atoms with van der Waals surface area (Å²) in [6, 6.07) is 7.93. The molecular weight excluding hydrogens is 392 g/mol. The topological polar surface area (TPSA) is 90.5 Å². The molecule has 1 aliphatic carbocycles. The predicted molar refractivity (Wildman–Crippen MR) is 119 cm³/mol. The van der Waals surface area contributed by atoms with Crippen molar-refractivity contribution in [3.05, 3.63) is 47.5 Å². The molecule has 1 saturated heterocycles. The number of nitrogens with one attached hydrogen (secondary N) is 2. The lowest BCUT2D eigenvalue weighted by atomic mass is 9.95. The van der Waals surface area contributed by atoms with Crippen LogP contribution < -0.4 is 10.1 Å². The molecule has 7 nitrogen and oxygen atoms in total. The zero-order valence-electron chi connectivity index (χ0n) is 18.7. The van der Waals surface area contributed by atoms with Crippen molar-refractivity contribution in [2.45, 2.75) is 63.6 Å². The van der Waals surface area contributed by atoms with Crippen molar-refractivity contribution in [1.29, 1.82) is 0 Å². The number of H-pyrrole nitrogens is 1. The number of methoxy groups -OCH3 is 1. The highest BCUT2D eigenvalue weighted by Crippen LogP contribution is 2.40. The van der Waals surface area contributed by atoms with Gasteiger partial charge in [0.15, 0.2) is 0 Å². The lowest BCUT2D eigenvalue weighted by Gasteiger charge is -2.24. The van der Waals surface area contributed by atoms with Gasteiger partial charge in [0, 0.05) is 49.4 Å². The fourth-order valence-corrected chi connectivity index (χ4v) is 4.92. The average molecular weight is 427 g/mol. The van der Waals surface area contributed by atoms with Crippen molar-refractivity contribution in [2.75, 3.05) is 20.2 Å². The summed E-state index contributed by atoms with van der Waals surface area (Å²) >= 11 is 0. The highest BCUT2D eigenvalue weighted by molar-refractivity contribution is 5.80. The molecule has 0 bridgehead atoms. The zero-order chi connectivity index (χ0) is 22.0. The first-order valence-electron chi connectivity index (χ1n) is 11.4. The van der Waals surface area contributed by atoms with Crippen LogP contribution in [-0.4, -0.2) is 58.2 Å². The van der Waals surface area contributed by atoms with Crippen LogP contribution in [0.25, 0.3) is 0 Å². The quantitative estimate of drug-likeness (QED) is 0.633. The zero-order valence-corrected chi connectivity index (χ0v) is 18.7. The molecular formula is C24H34N4O3. The van der Waals surface area contributed by atoms with Crippen LogP contribution in [0.1, 0.15) is 62.0 Å². The van der Waals surface area contributed by atoms with Gasteiger partial charge < -0.3 is 25.0 Å². The Morgan fingerprint density at radius 3 is 2.81 bits per heavy atom. The van der Waals surface area contributed by atoms with E-state index in [4.69, 9.17) is 4.74 Å². The summed E-state index contributed by atoms with van der Waals surface area (Å²) < 4.78 is 5.33. The number of hydrogen-bond acceptors (Lipinski definition) is 5. The van der Waals surface area contributed by atoms with Gasteiger partial charge in [0.25, 0.3) is 0 Å². The molecule has 0 unspecified atom stereocenters. The van der Waals surface area contributed by atoms with Gasteiger partial charge in [-0.15, -0.1) is 0 Å². The number of aliphatic hydroxyl groups excluding tert-OH is 1. The van der Waals surface area contributed by atoms with Crippen LogP contribution in [0.2, 0.25) is 0 Å². The molecule has 7 heteroatoms. The molecule has 1 aromatic heterocycles. The number of ether oxygens (including phenoxy) is 1. The Bertz CT molecular complexity index is 890. The second-order valence-corrected chi connectivity index (χ2v) is 9.11. The second kappa shape index (κ2) is 9.40. The van der Waals surface area contributed by atoms with Gasteiger partial charge in [-0.05, 0) is 37.0 Å². The number of benzene rings is 1. The van der Waals surface area contributed by atoms with Crippen LogP contribution in [-0.2, 0) is 11.3 Å². The van der Waals surface area contributed by atoms with Crippen LogP contribution in [0, 0.1) is 5.92 Å². The Balaban J connectivity index is 1.55. The summed E-state index contributed by atoms with van der Waals surface area (Å²) in [6.07, 6.45) is 3.80. The van der Waals surface area contributed by atoms with E-state index in [-0.39, 0.29) is 23.8 Å². The molecule has 2 fully saturated rings. The summed E-state index contributed by atoms with van der Waals surface area (Å²) in [4.78, 5) is 23.0. The molecule has 31 heavy (non-hydrogen) atoms. The number of carbonyl (C=O) groups is 1. The Morgan fingerprint density at radius 1 is 1.35 bits per heavy atom. The minimum absolute atomic E-state index is 0.0294. The van der Waals surface area contributed by atoms with E-state index in [0.717, 1.165) is 48.8 Å². The summed E-state index contributed by atoms with van der Waals surface area (Å²) in [5.74, 6) is 1.49. The number of amides is 1. The van der Waals surface area contributed by atoms with Crippen LogP contribution in [0.5, 0.6) is 5.75 Å². The fourth-order valence-electron chi connectivity index (χ4n) is 4.92. The maximum Gasteiger partial charge on any atom is 0.228 e. The standard InChI is InChI=1S/C24H34N4O3/c1-15(2)23-26-14-20(27-23)21-19(25-13-16-7-6-8-17(11-16)31-3)12-18(22(21)29)24(30)28-9-4-5-10-28/h6-8,11,14-15,18-19,21-22,25,29H,4-5,9-10,12-13H2,1-3H3,(H,26,27)/t18-,19+,21+,22+/m0/s1. The molecule has 0 radical (unpaired) electrons. The minimum Gasteiger partial charge on any atom is -0.497 e. The maximum atomic E-state index is 13.1.